The topological polar surface area (TPSA) is 98.4 Å². The van der Waals surface area contributed by atoms with Crippen molar-refractivity contribution in [3.05, 3.63) is 11.6 Å². The number of carbonyl (C=O) groups is 2. The van der Waals surface area contributed by atoms with Crippen LogP contribution in [0.15, 0.2) is 11.6 Å². The summed E-state index contributed by atoms with van der Waals surface area (Å²) in [5.41, 5.74) is -1.38. The molecule has 2 fully saturated rings. The average Bonchev–Trinajstić information content (AvgIpc) is 2.82. The van der Waals surface area contributed by atoms with Crippen LogP contribution in [0, 0.1) is 61.6 Å². The molecule has 0 aliphatic heterocycles. The minimum Gasteiger partial charge on any atom is -0.394 e. The summed E-state index contributed by atoms with van der Waals surface area (Å²) in [6, 6.07) is 2.19. The molecule has 2 N–H and O–H groups in total. The van der Waals surface area contributed by atoms with E-state index >= 15 is 0 Å². The molecular formula is C34H55NO4. The quantitative estimate of drug-likeness (QED) is 0.343. The van der Waals surface area contributed by atoms with Crippen LogP contribution in [0.25, 0.3) is 0 Å². The van der Waals surface area contributed by atoms with Gasteiger partial charge >= 0.3 is 0 Å². The highest BCUT2D eigenvalue weighted by molar-refractivity contribution is 6.04. The Morgan fingerprint density at radius 3 is 2.28 bits per heavy atom. The van der Waals surface area contributed by atoms with Crippen molar-refractivity contribution in [1.82, 2.24) is 0 Å². The first kappa shape index (κ1) is 32.0. The standard InChI is InChI=1S/C34H55NO4/c1-22-18-29(3,4)13-15-34(22,27(38)21-36)16-14-30(5,6)33(10)12-11-25-31(7,8)28(39)24(20-35)19-32(25,9)26(33)17-23(2)37/h19,22,25-27,36,38H,11-18,21H2,1-10H3/t22?,25-,26+,27?,32-,33+,34-/m0/s1. The molecular weight excluding hydrogens is 486 g/mol. The van der Waals surface area contributed by atoms with Gasteiger partial charge in [-0.15, -0.1) is 0 Å². The minimum absolute atomic E-state index is 0.0200. The van der Waals surface area contributed by atoms with E-state index in [1.807, 2.05) is 19.9 Å². The Morgan fingerprint density at radius 1 is 1.15 bits per heavy atom. The van der Waals surface area contributed by atoms with Gasteiger partial charge in [0.25, 0.3) is 0 Å². The summed E-state index contributed by atoms with van der Waals surface area (Å²) in [7, 11) is 0. The monoisotopic (exact) mass is 541 g/mol. The second-order valence-electron chi connectivity index (χ2n) is 16.1. The second kappa shape index (κ2) is 10.4. The molecule has 0 aromatic heterocycles. The number of hydrogen-bond donors (Lipinski definition) is 2. The van der Waals surface area contributed by atoms with Crippen molar-refractivity contribution in [2.75, 3.05) is 6.61 Å². The van der Waals surface area contributed by atoms with E-state index in [0.717, 1.165) is 44.9 Å². The van der Waals surface area contributed by atoms with Crippen molar-refractivity contribution >= 4 is 11.6 Å². The first-order chi connectivity index (χ1) is 17.7. The van der Waals surface area contributed by atoms with E-state index in [1.54, 1.807) is 6.92 Å². The molecule has 3 aliphatic carbocycles. The minimum atomic E-state index is -0.750. The Hall–Kier alpha value is -1.51. The Bertz CT molecular complexity index is 1050. The van der Waals surface area contributed by atoms with E-state index in [0.29, 0.717) is 12.3 Å². The molecule has 0 bridgehead atoms. The molecule has 0 aromatic rings. The van der Waals surface area contributed by atoms with Crippen LogP contribution >= 0.6 is 0 Å². The van der Waals surface area contributed by atoms with E-state index in [4.69, 9.17) is 0 Å². The number of ketones is 2. The number of hydrogen-bond acceptors (Lipinski definition) is 5. The van der Waals surface area contributed by atoms with Crippen LogP contribution in [0.4, 0.5) is 0 Å². The Labute approximate surface area is 237 Å². The van der Waals surface area contributed by atoms with Gasteiger partial charge in [0.15, 0.2) is 5.78 Å². The van der Waals surface area contributed by atoms with Crippen molar-refractivity contribution in [2.24, 2.45) is 50.2 Å². The third-order valence-corrected chi connectivity index (χ3v) is 12.7. The number of allylic oxidation sites excluding steroid dienone is 2. The normalized spacial score (nSPS) is 38.8. The maximum Gasteiger partial charge on any atom is 0.178 e. The lowest BCUT2D eigenvalue weighted by atomic mass is 9.39. The summed E-state index contributed by atoms with van der Waals surface area (Å²) in [6.45, 7) is 21.4. The first-order valence-corrected chi connectivity index (χ1v) is 15.2. The van der Waals surface area contributed by atoms with Gasteiger partial charge in [-0.3, -0.25) is 4.79 Å². The van der Waals surface area contributed by atoms with E-state index in [2.05, 4.69) is 54.5 Å². The number of fused-ring (bicyclic) bond motifs is 1. The van der Waals surface area contributed by atoms with Crippen LogP contribution in [0.5, 0.6) is 0 Å². The molecule has 39 heavy (non-hydrogen) atoms. The molecule has 3 rings (SSSR count). The van der Waals surface area contributed by atoms with Crippen LogP contribution in [0.2, 0.25) is 0 Å². The van der Waals surface area contributed by atoms with Gasteiger partial charge in [0, 0.05) is 17.3 Å². The fraction of sp³-hybridized carbons (Fsp3) is 0.853. The highest BCUT2D eigenvalue weighted by atomic mass is 16.3. The van der Waals surface area contributed by atoms with Gasteiger partial charge < -0.3 is 15.0 Å². The van der Waals surface area contributed by atoms with Gasteiger partial charge in [0.1, 0.15) is 11.9 Å². The van der Waals surface area contributed by atoms with Crippen molar-refractivity contribution in [3.8, 4) is 6.07 Å². The third kappa shape index (κ3) is 5.19. The fourth-order valence-electron chi connectivity index (χ4n) is 9.70. The van der Waals surface area contributed by atoms with Crippen molar-refractivity contribution in [2.45, 2.75) is 127 Å². The second-order valence-corrected chi connectivity index (χ2v) is 16.1. The van der Waals surface area contributed by atoms with Crippen molar-refractivity contribution in [1.29, 1.82) is 5.26 Å². The largest absolute Gasteiger partial charge is 0.394 e. The first-order valence-electron chi connectivity index (χ1n) is 15.2. The predicted molar refractivity (Wildman–Crippen MR) is 156 cm³/mol. The average molecular weight is 542 g/mol. The van der Waals surface area contributed by atoms with E-state index in [9.17, 15) is 25.1 Å². The lowest BCUT2D eigenvalue weighted by Gasteiger charge is -2.64. The lowest BCUT2D eigenvalue weighted by Crippen LogP contribution is -2.60. The summed E-state index contributed by atoms with van der Waals surface area (Å²) in [6.07, 6.45) is 8.02. The summed E-state index contributed by atoms with van der Waals surface area (Å²) in [5, 5.41) is 31.2. The molecule has 2 saturated carbocycles. The number of Topliss-reactive ketones (excluding diaryl/α,β-unsaturated/α-hetero) is 2. The molecule has 3 aliphatic rings. The van der Waals surface area contributed by atoms with Crippen LogP contribution in [-0.4, -0.2) is 34.5 Å². The van der Waals surface area contributed by atoms with Crippen LogP contribution < -0.4 is 0 Å². The molecule has 0 spiro atoms. The third-order valence-electron chi connectivity index (χ3n) is 12.7. The fourth-order valence-corrected chi connectivity index (χ4v) is 9.70. The number of carbonyl (C=O) groups excluding carboxylic acids is 2. The van der Waals surface area contributed by atoms with Crippen LogP contribution in [0.1, 0.15) is 121 Å². The van der Waals surface area contributed by atoms with Crippen molar-refractivity contribution in [3.63, 3.8) is 0 Å². The zero-order valence-corrected chi connectivity index (χ0v) is 26.4. The molecule has 0 radical (unpaired) electrons. The smallest absolute Gasteiger partial charge is 0.178 e. The zero-order valence-electron chi connectivity index (χ0n) is 26.4. The van der Waals surface area contributed by atoms with Gasteiger partial charge in [-0.05, 0) is 91.3 Å². The van der Waals surface area contributed by atoms with Gasteiger partial charge in [-0.1, -0.05) is 68.4 Å². The number of aliphatic hydroxyl groups excluding tert-OH is 2. The summed E-state index contributed by atoms with van der Waals surface area (Å²) in [5.74, 6) is 0.394. The number of nitrogens with zero attached hydrogens (tertiary/aromatic N) is 1. The van der Waals surface area contributed by atoms with E-state index in [-0.39, 0.29) is 57.2 Å². The maximum atomic E-state index is 13.2. The van der Waals surface area contributed by atoms with Crippen LogP contribution in [0.3, 0.4) is 0 Å². The Balaban J connectivity index is 2.04. The molecule has 2 unspecified atom stereocenters. The maximum absolute atomic E-state index is 13.2. The zero-order chi connectivity index (χ0) is 29.8. The molecule has 0 saturated heterocycles. The summed E-state index contributed by atoms with van der Waals surface area (Å²) >= 11 is 0. The lowest BCUT2D eigenvalue weighted by molar-refractivity contribution is -0.158. The SMILES string of the molecule is CC(=O)C[C@@H]1[C@@]2(C)C=C(C#N)C(=O)C(C)(C)[C@@H]2CC[C@@]1(C)C(C)(C)CC[C@@]1(C(O)CO)CCC(C)(C)CC1C. The van der Waals surface area contributed by atoms with Gasteiger partial charge in [0.2, 0.25) is 0 Å². The number of rotatable bonds is 8. The molecule has 220 valence electrons. The predicted octanol–water partition coefficient (Wildman–Crippen LogP) is 7.06. The van der Waals surface area contributed by atoms with Gasteiger partial charge in [-0.2, -0.15) is 5.26 Å². The van der Waals surface area contributed by atoms with Crippen molar-refractivity contribution < 1.29 is 19.8 Å². The molecule has 0 aromatic carbocycles. The molecule has 5 heteroatoms. The van der Waals surface area contributed by atoms with Gasteiger partial charge in [-0.25, -0.2) is 0 Å². The summed E-state index contributed by atoms with van der Waals surface area (Å²) in [4.78, 5) is 26.0. The van der Waals surface area contributed by atoms with E-state index < -0.39 is 16.9 Å². The highest BCUT2D eigenvalue weighted by Crippen LogP contribution is 2.68. The molecule has 0 heterocycles. The molecule has 7 atom stereocenters. The summed E-state index contributed by atoms with van der Waals surface area (Å²) < 4.78 is 0. The van der Waals surface area contributed by atoms with Gasteiger partial charge in [0.05, 0.1) is 18.3 Å². The number of aliphatic hydroxyl groups is 2. The highest BCUT2D eigenvalue weighted by Gasteiger charge is 2.63. The number of nitriles is 1. The molecule has 0 amide bonds. The molecule has 5 nitrogen and oxygen atoms in total. The van der Waals surface area contributed by atoms with Crippen LogP contribution in [-0.2, 0) is 9.59 Å². The Kier molecular flexibility index (Phi) is 8.53. The van der Waals surface area contributed by atoms with E-state index in [1.165, 1.54) is 0 Å². The Morgan fingerprint density at radius 2 is 1.77 bits per heavy atom.